The van der Waals surface area contributed by atoms with Crippen molar-refractivity contribution in [2.24, 2.45) is 0 Å². The number of aryl methyl sites for hydroxylation is 2. The Morgan fingerprint density at radius 2 is 2.18 bits per heavy atom. The summed E-state index contributed by atoms with van der Waals surface area (Å²) >= 11 is 3.50. The quantitative estimate of drug-likeness (QED) is 0.776. The minimum atomic E-state index is 0.105. The highest BCUT2D eigenvalue weighted by Gasteiger charge is 2.09. The number of carbonyl (C=O) groups excluding carboxylic acids is 1. The molecule has 1 amide bonds. The summed E-state index contributed by atoms with van der Waals surface area (Å²) in [4.78, 5) is 17.1. The summed E-state index contributed by atoms with van der Waals surface area (Å²) < 4.78 is 0. The second-order valence-electron chi connectivity index (χ2n) is 3.88. The Hall–Kier alpha value is -0.550. The van der Waals surface area contributed by atoms with Gasteiger partial charge in [-0.25, -0.2) is 4.98 Å². The van der Waals surface area contributed by atoms with Gasteiger partial charge >= 0.3 is 0 Å². The Morgan fingerprint density at radius 3 is 2.76 bits per heavy atom. The second kappa shape index (κ2) is 7.71. The number of rotatable bonds is 7. The van der Waals surface area contributed by atoms with Crippen LogP contribution in [0.15, 0.2) is 0 Å². The minimum Gasteiger partial charge on any atom is -0.355 e. The van der Waals surface area contributed by atoms with E-state index in [9.17, 15) is 4.79 Å². The van der Waals surface area contributed by atoms with Crippen molar-refractivity contribution in [2.75, 3.05) is 18.1 Å². The van der Waals surface area contributed by atoms with Gasteiger partial charge in [0.25, 0.3) is 0 Å². The zero-order valence-corrected chi connectivity index (χ0v) is 12.3. The number of hydrogen-bond donors (Lipinski definition) is 1. The Kier molecular flexibility index (Phi) is 6.58. The van der Waals surface area contributed by atoms with Gasteiger partial charge in [-0.1, -0.05) is 6.92 Å². The fourth-order valence-corrected chi connectivity index (χ4v) is 3.13. The molecule has 0 spiro atoms. The molecule has 17 heavy (non-hydrogen) atoms. The third-order valence-corrected chi connectivity index (χ3v) is 4.50. The molecule has 0 saturated heterocycles. The van der Waals surface area contributed by atoms with Crippen molar-refractivity contribution in [3.05, 3.63) is 15.6 Å². The molecular weight excluding hydrogens is 252 g/mol. The van der Waals surface area contributed by atoms with Gasteiger partial charge in [0, 0.05) is 17.2 Å². The summed E-state index contributed by atoms with van der Waals surface area (Å²) in [5, 5.41) is 3.98. The standard InChI is InChI=1S/C12H20N2OS2/c1-4-6-16-7-5-13-12(15)8-11-9(2)14-10(3)17-11/h4-8H2,1-3H3,(H,13,15). The highest BCUT2D eigenvalue weighted by molar-refractivity contribution is 7.99. The second-order valence-corrected chi connectivity index (χ2v) is 6.39. The average Bonchev–Trinajstić information content (AvgIpc) is 2.57. The number of nitrogens with one attached hydrogen (secondary N) is 1. The molecular formula is C12H20N2OS2. The molecule has 0 bridgehead atoms. The molecule has 0 aliphatic carbocycles. The van der Waals surface area contributed by atoms with Crippen molar-refractivity contribution in [3.8, 4) is 0 Å². The van der Waals surface area contributed by atoms with E-state index in [0.717, 1.165) is 27.9 Å². The highest BCUT2D eigenvalue weighted by atomic mass is 32.2. The Bertz CT molecular complexity index is 363. The van der Waals surface area contributed by atoms with Crippen LogP contribution in [-0.2, 0) is 11.2 Å². The lowest BCUT2D eigenvalue weighted by Gasteiger charge is -2.04. The van der Waals surface area contributed by atoms with Crippen LogP contribution in [0.5, 0.6) is 0 Å². The maximum atomic E-state index is 11.7. The van der Waals surface area contributed by atoms with Crippen molar-refractivity contribution in [1.29, 1.82) is 0 Å². The van der Waals surface area contributed by atoms with E-state index in [2.05, 4.69) is 17.2 Å². The van der Waals surface area contributed by atoms with Crippen LogP contribution in [0.3, 0.4) is 0 Å². The van der Waals surface area contributed by atoms with Gasteiger partial charge in [-0.3, -0.25) is 4.79 Å². The van der Waals surface area contributed by atoms with Crippen LogP contribution in [-0.4, -0.2) is 28.9 Å². The number of amides is 1. The molecule has 0 saturated carbocycles. The van der Waals surface area contributed by atoms with Gasteiger partial charge in [-0.15, -0.1) is 11.3 Å². The Balaban J connectivity index is 2.23. The summed E-state index contributed by atoms with van der Waals surface area (Å²) in [6.07, 6.45) is 1.66. The van der Waals surface area contributed by atoms with Crippen molar-refractivity contribution in [3.63, 3.8) is 0 Å². The van der Waals surface area contributed by atoms with E-state index in [4.69, 9.17) is 0 Å². The largest absolute Gasteiger partial charge is 0.355 e. The van der Waals surface area contributed by atoms with Crippen LogP contribution in [0.4, 0.5) is 0 Å². The van der Waals surface area contributed by atoms with Crippen LogP contribution in [0.1, 0.15) is 28.9 Å². The Labute approximate surface area is 111 Å². The third-order valence-electron chi connectivity index (χ3n) is 2.24. The van der Waals surface area contributed by atoms with E-state index >= 15 is 0 Å². The summed E-state index contributed by atoms with van der Waals surface area (Å²) in [7, 11) is 0. The molecule has 5 heteroatoms. The number of thioether (sulfide) groups is 1. The first-order valence-electron chi connectivity index (χ1n) is 5.90. The molecule has 0 fully saturated rings. The molecule has 96 valence electrons. The number of aromatic nitrogens is 1. The van der Waals surface area contributed by atoms with Crippen LogP contribution in [0, 0.1) is 13.8 Å². The zero-order chi connectivity index (χ0) is 12.7. The zero-order valence-electron chi connectivity index (χ0n) is 10.7. The van der Waals surface area contributed by atoms with Crippen LogP contribution < -0.4 is 5.32 Å². The van der Waals surface area contributed by atoms with E-state index in [-0.39, 0.29) is 5.91 Å². The van der Waals surface area contributed by atoms with Gasteiger partial charge in [0.1, 0.15) is 0 Å². The van der Waals surface area contributed by atoms with Crippen molar-refractivity contribution in [2.45, 2.75) is 33.6 Å². The van der Waals surface area contributed by atoms with Gasteiger partial charge in [0.05, 0.1) is 17.1 Å². The van der Waals surface area contributed by atoms with Crippen molar-refractivity contribution < 1.29 is 4.79 Å². The molecule has 1 aromatic heterocycles. The van der Waals surface area contributed by atoms with Gasteiger partial charge in [-0.05, 0) is 26.0 Å². The molecule has 3 nitrogen and oxygen atoms in total. The number of thiazole rings is 1. The fraction of sp³-hybridized carbons (Fsp3) is 0.667. The summed E-state index contributed by atoms with van der Waals surface area (Å²) in [5.41, 5.74) is 0.989. The smallest absolute Gasteiger partial charge is 0.225 e. The highest BCUT2D eigenvalue weighted by Crippen LogP contribution is 2.17. The van der Waals surface area contributed by atoms with Crippen LogP contribution >= 0.6 is 23.1 Å². The minimum absolute atomic E-state index is 0.105. The van der Waals surface area contributed by atoms with Gasteiger partial charge < -0.3 is 5.32 Å². The van der Waals surface area contributed by atoms with E-state index in [1.165, 1.54) is 12.2 Å². The first-order valence-corrected chi connectivity index (χ1v) is 7.88. The van der Waals surface area contributed by atoms with E-state index in [0.29, 0.717) is 6.42 Å². The topological polar surface area (TPSA) is 42.0 Å². The Morgan fingerprint density at radius 1 is 1.41 bits per heavy atom. The number of nitrogens with zero attached hydrogens (tertiary/aromatic N) is 1. The molecule has 1 heterocycles. The van der Waals surface area contributed by atoms with Gasteiger partial charge in [0.15, 0.2) is 0 Å². The molecule has 0 aliphatic heterocycles. The van der Waals surface area contributed by atoms with Crippen molar-refractivity contribution in [1.82, 2.24) is 10.3 Å². The van der Waals surface area contributed by atoms with Crippen LogP contribution in [0.2, 0.25) is 0 Å². The maximum Gasteiger partial charge on any atom is 0.225 e. The fourth-order valence-electron chi connectivity index (χ4n) is 1.45. The molecule has 0 unspecified atom stereocenters. The molecule has 1 N–H and O–H groups in total. The summed E-state index contributed by atoms with van der Waals surface area (Å²) in [6.45, 7) is 6.87. The monoisotopic (exact) mass is 272 g/mol. The molecule has 0 aliphatic rings. The predicted molar refractivity (Wildman–Crippen MR) is 75.9 cm³/mol. The van der Waals surface area contributed by atoms with Gasteiger partial charge in [-0.2, -0.15) is 11.8 Å². The van der Waals surface area contributed by atoms with E-state index in [1.54, 1.807) is 11.3 Å². The first kappa shape index (κ1) is 14.5. The van der Waals surface area contributed by atoms with Crippen molar-refractivity contribution >= 4 is 29.0 Å². The normalized spacial score (nSPS) is 10.5. The first-order chi connectivity index (χ1) is 8.13. The maximum absolute atomic E-state index is 11.7. The molecule has 1 rings (SSSR count). The van der Waals surface area contributed by atoms with Gasteiger partial charge in [0.2, 0.25) is 5.91 Å². The van der Waals surface area contributed by atoms with Crippen LogP contribution in [0.25, 0.3) is 0 Å². The SMILES string of the molecule is CCCSCCNC(=O)Cc1sc(C)nc1C. The van der Waals surface area contributed by atoms with E-state index < -0.39 is 0 Å². The third kappa shape index (κ3) is 5.55. The number of carbonyl (C=O) groups is 1. The summed E-state index contributed by atoms with van der Waals surface area (Å²) in [5.74, 6) is 2.28. The molecule has 1 aromatic rings. The molecule has 0 radical (unpaired) electrons. The lowest BCUT2D eigenvalue weighted by Crippen LogP contribution is -2.27. The lowest BCUT2D eigenvalue weighted by atomic mass is 10.3. The van der Waals surface area contributed by atoms with E-state index in [1.807, 2.05) is 25.6 Å². The predicted octanol–water partition coefficient (Wildman–Crippen LogP) is 2.56. The molecule has 0 aromatic carbocycles. The lowest BCUT2D eigenvalue weighted by molar-refractivity contribution is -0.120. The average molecular weight is 272 g/mol. The molecule has 0 atom stereocenters. The summed E-state index contributed by atoms with van der Waals surface area (Å²) in [6, 6.07) is 0. The number of hydrogen-bond acceptors (Lipinski definition) is 4.